The number of hydrogen-bond donors (Lipinski definition) is 2. The third-order valence-electron chi connectivity index (χ3n) is 4.47. The monoisotopic (exact) mass is 333 g/mol. The Labute approximate surface area is 145 Å². The van der Waals surface area contributed by atoms with Crippen LogP contribution in [0.25, 0.3) is 0 Å². The summed E-state index contributed by atoms with van der Waals surface area (Å²) in [5, 5.41) is 6.85. The van der Waals surface area contributed by atoms with E-state index in [4.69, 9.17) is 9.47 Å². The lowest BCUT2D eigenvalue weighted by molar-refractivity contribution is 0.0513. The molecule has 5 nitrogen and oxygen atoms in total. The highest BCUT2D eigenvalue weighted by molar-refractivity contribution is 5.80. The lowest BCUT2D eigenvalue weighted by atomic mass is 9.74. The van der Waals surface area contributed by atoms with Crippen molar-refractivity contribution in [3.63, 3.8) is 0 Å². The molecule has 0 bridgehead atoms. The molecule has 24 heavy (non-hydrogen) atoms. The molecule has 0 aliphatic carbocycles. The van der Waals surface area contributed by atoms with Crippen LogP contribution in [0, 0.1) is 0 Å². The maximum atomic E-state index is 5.61. The minimum Gasteiger partial charge on any atom is -0.494 e. The number of nitrogens with zero attached hydrogens (tertiary/aromatic N) is 1. The van der Waals surface area contributed by atoms with Gasteiger partial charge in [-0.3, -0.25) is 4.99 Å². The van der Waals surface area contributed by atoms with E-state index in [-0.39, 0.29) is 5.41 Å². The van der Waals surface area contributed by atoms with Gasteiger partial charge in [-0.2, -0.15) is 0 Å². The van der Waals surface area contributed by atoms with Crippen molar-refractivity contribution in [3.05, 3.63) is 29.8 Å². The van der Waals surface area contributed by atoms with Gasteiger partial charge in [0.1, 0.15) is 5.75 Å². The molecule has 0 spiro atoms. The van der Waals surface area contributed by atoms with Gasteiger partial charge in [0.2, 0.25) is 0 Å². The van der Waals surface area contributed by atoms with E-state index in [1.807, 2.05) is 14.0 Å². The summed E-state index contributed by atoms with van der Waals surface area (Å²) in [5.41, 5.74) is 1.40. The summed E-state index contributed by atoms with van der Waals surface area (Å²) in [4.78, 5) is 4.32. The molecule has 1 aromatic rings. The highest BCUT2D eigenvalue weighted by Gasteiger charge is 2.34. The Kier molecular flexibility index (Phi) is 6.91. The van der Waals surface area contributed by atoms with Crippen LogP contribution in [0.1, 0.15) is 39.2 Å². The van der Waals surface area contributed by atoms with Gasteiger partial charge >= 0.3 is 0 Å². The van der Waals surface area contributed by atoms with Crippen LogP contribution < -0.4 is 15.4 Å². The number of ether oxygens (including phenoxy) is 2. The molecule has 1 saturated heterocycles. The molecular formula is C19H31N3O2. The van der Waals surface area contributed by atoms with Gasteiger partial charge < -0.3 is 20.1 Å². The Bertz CT molecular complexity index is 520. The van der Waals surface area contributed by atoms with Crippen LogP contribution in [-0.2, 0) is 10.2 Å². The summed E-state index contributed by atoms with van der Waals surface area (Å²) in [5.74, 6) is 1.77. The van der Waals surface area contributed by atoms with E-state index in [1.54, 1.807) is 0 Å². The van der Waals surface area contributed by atoms with Crippen LogP contribution in [0.4, 0.5) is 0 Å². The molecule has 0 amide bonds. The second-order valence-corrected chi connectivity index (χ2v) is 6.57. The Hall–Kier alpha value is -1.75. The van der Waals surface area contributed by atoms with Crippen LogP contribution in [0.2, 0.25) is 0 Å². The number of aliphatic imine (C=N–C) groups is 1. The summed E-state index contributed by atoms with van der Waals surface area (Å²) >= 11 is 0. The molecule has 1 fully saturated rings. The van der Waals surface area contributed by atoms with Crippen LogP contribution >= 0.6 is 0 Å². The minimum absolute atomic E-state index is 0.0671. The first-order chi connectivity index (χ1) is 11.6. The van der Waals surface area contributed by atoms with Crippen molar-refractivity contribution in [2.45, 2.75) is 45.1 Å². The molecule has 1 aromatic carbocycles. The topological polar surface area (TPSA) is 54.9 Å². The minimum atomic E-state index is 0.0671. The SMILES string of the molecule is CCOc1ccc(C2(CNC(=NC)NC(C)C)CCOCC2)cc1. The van der Waals surface area contributed by atoms with Crippen LogP contribution in [0.3, 0.4) is 0 Å². The van der Waals surface area contributed by atoms with E-state index >= 15 is 0 Å². The van der Waals surface area contributed by atoms with Gasteiger partial charge in [0, 0.05) is 38.3 Å². The Morgan fingerprint density at radius 3 is 2.46 bits per heavy atom. The van der Waals surface area contributed by atoms with Gasteiger partial charge in [0.15, 0.2) is 5.96 Å². The Morgan fingerprint density at radius 2 is 1.92 bits per heavy atom. The molecule has 134 valence electrons. The maximum Gasteiger partial charge on any atom is 0.191 e. The lowest BCUT2D eigenvalue weighted by Gasteiger charge is -2.38. The van der Waals surface area contributed by atoms with Gasteiger partial charge in [0.05, 0.1) is 6.61 Å². The van der Waals surface area contributed by atoms with Crippen molar-refractivity contribution >= 4 is 5.96 Å². The van der Waals surface area contributed by atoms with E-state index in [1.165, 1.54) is 5.56 Å². The van der Waals surface area contributed by atoms with Crippen molar-refractivity contribution in [2.24, 2.45) is 4.99 Å². The van der Waals surface area contributed by atoms with Gasteiger partial charge in [-0.25, -0.2) is 0 Å². The molecule has 2 N–H and O–H groups in total. The number of hydrogen-bond acceptors (Lipinski definition) is 3. The zero-order valence-corrected chi connectivity index (χ0v) is 15.4. The first kappa shape index (κ1) is 18.6. The van der Waals surface area contributed by atoms with Crippen LogP contribution in [0.15, 0.2) is 29.3 Å². The predicted molar refractivity (Wildman–Crippen MR) is 99.0 cm³/mol. The summed E-state index contributed by atoms with van der Waals surface area (Å²) in [6.07, 6.45) is 2.01. The highest BCUT2D eigenvalue weighted by atomic mass is 16.5. The fraction of sp³-hybridized carbons (Fsp3) is 0.632. The van der Waals surface area contributed by atoms with Gasteiger partial charge in [-0.15, -0.1) is 0 Å². The average molecular weight is 333 g/mol. The third kappa shape index (κ3) is 4.87. The van der Waals surface area contributed by atoms with Crippen molar-refractivity contribution in [1.29, 1.82) is 0 Å². The lowest BCUT2D eigenvalue weighted by Crippen LogP contribution is -2.49. The fourth-order valence-corrected chi connectivity index (χ4v) is 3.12. The normalized spacial score (nSPS) is 17.6. The van der Waals surface area contributed by atoms with Crippen molar-refractivity contribution in [1.82, 2.24) is 10.6 Å². The number of guanidine groups is 1. The molecule has 2 rings (SSSR count). The summed E-state index contributed by atoms with van der Waals surface area (Å²) in [7, 11) is 1.81. The molecule has 5 heteroatoms. The maximum absolute atomic E-state index is 5.61. The standard InChI is InChI=1S/C19H31N3O2/c1-5-24-17-8-6-16(7-9-17)19(10-12-23-13-11-19)14-21-18(20-4)22-15(2)3/h6-9,15H,5,10-14H2,1-4H3,(H2,20,21,22). The number of rotatable bonds is 6. The Morgan fingerprint density at radius 1 is 1.25 bits per heavy atom. The van der Waals surface area contributed by atoms with Gasteiger partial charge in [-0.05, 0) is 51.3 Å². The third-order valence-corrected chi connectivity index (χ3v) is 4.47. The quantitative estimate of drug-likeness (QED) is 0.621. The molecule has 1 aliphatic heterocycles. The smallest absolute Gasteiger partial charge is 0.191 e. The summed E-state index contributed by atoms with van der Waals surface area (Å²) in [6.45, 7) is 9.36. The molecule has 1 aliphatic rings. The second-order valence-electron chi connectivity index (χ2n) is 6.57. The van der Waals surface area contributed by atoms with E-state index in [0.29, 0.717) is 12.6 Å². The zero-order chi connectivity index (χ0) is 17.4. The first-order valence-electron chi connectivity index (χ1n) is 8.88. The average Bonchev–Trinajstić information content (AvgIpc) is 2.60. The van der Waals surface area contributed by atoms with E-state index < -0.39 is 0 Å². The van der Waals surface area contributed by atoms with Crippen molar-refractivity contribution in [3.8, 4) is 5.75 Å². The van der Waals surface area contributed by atoms with E-state index in [2.05, 4.69) is 53.7 Å². The summed E-state index contributed by atoms with van der Waals surface area (Å²) < 4.78 is 11.2. The van der Waals surface area contributed by atoms with E-state index in [9.17, 15) is 0 Å². The zero-order valence-electron chi connectivity index (χ0n) is 15.4. The largest absolute Gasteiger partial charge is 0.494 e. The number of nitrogens with one attached hydrogen (secondary N) is 2. The highest BCUT2D eigenvalue weighted by Crippen LogP contribution is 2.35. The van der Waals surface area contributed by atoms with Gasteiger partial charge in [0.25, 0.3) is 0 Å². The summed E-state index contributed by atoms with van der Waals surface area (Å²) in [6, 6.07) is 8.87. The second kappa shape index (κ2) is 8.92. The molecule has 0 radical (unpaired) electrons. The number of benzene rings is 1. The van der Waals surface area contributed by atoms with Gasteiger partial charge in [-0.1, -0.05) is 12.1 Å². The van der Waals surface area contributed by atoms with Crippen LogP contribution in [0.5, 0.6) is 5.75 Å². The van der Waals surface area contributed by atoms with E-state index in [0.717, 1.165) is 44.3 Å². The van der Waals surface area contributed by atoms with Crippen molar-refractivity contribution < 1.29 is 9.47 Å². The van der Waals surface area contributed by atoms with Crippen LogP contribution in [-0.4, -0.2) is 45.4 Å². The predicted octanol–water partition coefficient (Wildman–Crippen LogP) is 2.71. The Balaban J connectivity index is 2.13. The van der Waals surface area contributed by atoms with Crippen molar-refractivity contribution in [2.75, 3.05) is 33.4 Å². The molecular weight excluding hydrogens is 302 g/mol. The molecule has 0 atom stereocenters. The first-order valence-corrected chi connectivity index (χ1v) is 8.88. The molecule has 0 unspecified atom stereocenters. The molecule has 1 heterocycles. The molecule has 0 saturated carbocycles. The molecule has 0 aromatic heterocycles. The fourth-order valence-electron chi connectivity index (χ4n) is 3.12.